The highest BCUT2D eigenvalue weighted by Crippen LogP contribution is 2.21. The van der Waals surface area contributed by atoms with E-state index in [1.165, 1.54) is 49.0 Å². The maximum atomic E-state index is 3.44. The number of benzene rings is 2. The number of rotatable bonds is 4. The van der Waals surface area contributed by atoms with Crippen LogP contribution in [0.15, 0.2) is 54.6 Å². The van der Waals surface area contributed by atoms with E-state index in [-0.39, 0.29) is 0 Å². The third kappa shape index (κ3) is 3.24. The number of aryl methyl sites for hydroxylation is 1. The van der Waals surface area contributed by atoms with Crippen LogP contribution in [-0.2, 0) is 6.42 Å². The zero-order valence-corrected chi connectivity index (χ0v) is 11.3. The molecule has 0 spiro atoms. The van der Waals surface area contributed by atoms with Gasteiger partial charge in [-0.05, 0) is 55.0 Å². The normalized spacial score (nSPS) is 18.6. The molecule has 1 N–H and O–H groups in total. The molecule has 0 radical (unpaired) electrons. The summed E-state index contributed by atoms with van der Waals surface area (Å²) in [6.07, 6.45) is 3.88. The van der Waals surface area contributed by atoms with Crippen molar-refractivity contribution in [2.75, 3.05) is 13.1 Å². The molecule has 0 amide bonds. The van der Waals surface area contributed by atoms with Crippen LogP contribution in [0.25, 0.3) is 11.1 Å². The zero-order chi connectivity index (χ0) is 12.9. The molecule has 1 aliphatic heterocycles. The van der Waals surface area contributed by atoms with Crippen LogP contribution < -0.4 is 5.32 Å². The van der Waals surface area contributed by atoms with Crippen LogP contribution in [0.1, 0.15) is 18.4 Å². The molecule has 1 nitrogen and oxygen atoms in total. The summed E-state index contributed by atoms with van der Waals surface area (Å²) in [7, 11) is 0. The van der Waals surface area contributed by atoms with Gasteiger partial charge in [0.2, 0.25) is 0 Å². The second-order valence-electron chi connectivity index (χ2n) is 5.46. The molecule has 1 atom stereocenters. The third-order valence-corrected chi connectivity index (χ3v) is 4.06. The number of hydrogen-bond acceptors (Lipinski definition) is 1. The minimum atomic E-state index is 0.883. The molecule has 0 saturated carbocycles. The minimum absolute atomic E-state index is 0.883. The van der Waals surface area contributed by atoms with E-state index >= 15 is 0 Å². The topological polar surface area (TPSA) is 12.0 Å². The van der Waals surface area contributed by atoms with Gasteiger partial charge in [0.15, 0.2) is 0 Å². The van der Waals surface area contributed by atoms with Crippen LogP contribution in [-0.4, -0.2) is 13.1 Å². The molecule has 1 heteroatoms. The van der Waals surface area contributed by atoms with E-state index in [0.717, 1.165) is 5.92 Å². The fourth-order valence-corrected chi connectivity index (χ4v) is 2.83. The Hall–Kier alpha value is -1.60. The summed E-state index contributed by atoms with van der Waals surface area (Å²) in [5.74, 6) is 0.883. The first-order chi connectivity index (χ1) is 9.42. The van der Waals surface area contributed by atoms with Crippen molar-refractivity contribution in [3.63, 3.8) is 0 Å². The highest BCUT2D eigenvalue weighted by Gasteiger charge is 2.13. The number of hydrogen-bond donors (Lipinski definition) is 1. The van der Waals surface area contributed by atoms with Gasteiger partial charge < -0.3 is 5.32 Å². The lowest BCUT2D eigenvalue weighted by Crippen LogP contribution is -2.09. The van der Waals surface area contributed by atoms with Crippen molar-refractivity contribution < 1.29 is 0 Å². The van der Waals surface area contributed by atoms with E-state index < -0.39 is 0 Å². The van der Waals surface area contributed by atoms with Gasteiger partial charge in [0.25, 0.3) is 0 Å². The second-order valence-corrected chi connectivity index (χ2v) is 5.46. The van der Waals surface area contributed by atoms with Crippen LogP contribution in [0.5, 0.6) is 0 Å². The molecule has 0 aromatic heterocycles. The monoisotopic (exact) mass is 251 g/mol. The minimum Gasteiger partial charge on any atom is -0.316 e. The van der Waals surface area contributed by atoms with Crippen LogP contribution >= 0.6 is 0 Å². The molecule has 2 aromatic carbocycles. The first kappa shape index (κ1) is 12.4. The van der Waals surface area contributed by atoms with Crippen LogP contribution in [0, 0.1) is 5.92 Å². The molecule has 1 saturated heterocycles. The SMILES string of the molecule is c1ccc(-c2ccc(CCC3CCNC3)cc2)cc1. The summed E-state index contributed by atoms with van der Waals surface area (Å²) in [5.41, 5.74) is 4.08. The summed E-state index contributed by atoms with van der Waals surface area (Å²) in [4.78, 5) is 0. The highest BCUT2D eigenvalue weighted by molar-refractivity contribution is 5.63. The predicted molar refractivity (Wildman–Crippen MR) is 81.2 cm³/mol. The van der Waals surface area contributed by atoms with Gasteiger partial charge in [-0.2, -0.15) is 0 Å². The lowest BCUT2D eigenvalue weighted by atomic mass is 9.97. The van der Waals surface area contributed by atoms with E-state index in [0.29, 0.717) is 0 Å². The zero-order valence-electron chi connectivity index (χ0n) is 11.3. The lowest BCUT2D eigenvalue weighted by molar-refractivity contribution is 0.533. The third-order valence-electron chi connectivity index (χ3n) is 4.06. The Labute approximate surface area is 115 Å². The summed E-state index contributed by atoms with van der Waals surface area (Å²) in [6, 6.07) is 19.6. The number of nitrogens with one attached hydrogen (secondary N) is 1. The molecule has 0 bridgehead atoms. The van der Waals surface area contributed by atoms with Gasteiger partial charge in [0.1, 0.15) is 0 Å². The molecule has 3 rings (SSSR count). The van der Waals surface area contributed by atoms with Crippen molar-refractivity contribution >= 4 is 0 Å². The average molecular weight is 251 g/mol. The van der Waals surface area contributed by atoms with Gasteiger partial charge in [0.05, 0.1) is 0 Å². The lowest BCUT2D eigenvalue weighted by Gasteiger charge is -2.08. The van der Waals surface area contributed by atoms with E-state index in [2.05, 4.69) is 59.9 Å². The van der Waals surface area contributed by atoms with Crippen molar-refractivity contribution in [3.05, 3.63) is 60.2 Å². The summed E-state index contributed by atoms with van der Waals surface area (Å²) in [5, 5.41) is 3.44. The molecule has 0 aliphatic carbocycles. The van der Waals surface area contributed by atoms with E-state index in [1.54, 1.807) is 0 Å². The van der Waals surface area contributed by atoms with Gasteiger partial charge in [0, 0.05) is 0 Å². The van der Waals surface area contributed by atoms with Crippen molar-refractivity contribution in [1.82, 2.24) is 5.32 Å². The molecular formula is C18H21N. The van der Waals surface area contributed by atoms with Crippen molar-refractivity contribution in [2.45, 2.75) is 19.3 Å². The maximum Gasteiger partial charge on any atom is -0.00199 e. The Kier molecular flexibility index (Phi) is 3.95. The maximum absolute atomic E-state index is 3.44. The molecular weight excluding hydrogens is 230 g/mol. The van der Waals surface area contributed by atoms with Gasteiger partial charge in [-0.25, -0.2) is 0 Å². The van der Waals surface area contributed by atoms with Gasteiger partial charge in [-0.15, -0.1) is 0 Å². The molecule has 1 unspecified atom stereocenters. The molecule has 1 heterocycles. The highest BCUT2D eigenvalue weighted by atomic mass is 14.9. The molecule has 19 heavy (non-hydrogen) atoms. The fourth-order valence-electron chi connectivity index (χ4n) is 2.83. The Morgan fingerprint density at radius 3 is 2.32 bits per heavy atom. The summed E-state index contributed by atoms with van der Waals surface area (Å²) >= 11 is 0. The van der Waals surface area contributed by atoms with E-state index in [9.17, 15) is 0 Å². The van der Waals surface area contributed by atoms with Crippen LogP contribution in [0.2, 0.25) is 0 Å². The smallest absolute Gasteiger partial charge is 0.00199 e. The van der Waals surface area contributed by atoms with E-state index in [4.69, 9.17) is 0 Å². The van der Waals surface area contributed by atoms with Crippen LogP contribution in [0.3, 0.4) is 0 Å². The summed E-state index contributed by atoms with van der Waals surface area (Å²) in [6.45, 7) is 2.42. The first-order valence-corrected chi connectivity index (χ1v) is 7.27. The first-order valence-electron chi connectivity index (χ1n) is 7.27. The Morgan fingerprint density at radius 1 is 0.895 bits per heavy atom. The quantitative estimate of drug-likeness (QED) is 0.869. The molecule has 2 aromatic rings. The van der Waals surface area contributed by atoms with Crippen molar-refractivity contribution in [2.24, 2.45) is 5.92 Å². The Morgan fingerprint density at radius 2 is 1.63 bits per heavy atom. The standard InChI is InChI=1S/C18H21N/c1-2-4-17(5-3-1)18-10-8-15(9-11-18)6-7-16-12-13-19-14-16/h1-5,8-11,16,19H,6-7,12-14H2. The molecule has 1 fully saturated rings. The van der Waals surface area contributed by atoms with Crippen molar-refractivity contribution in [3.8, 4) is 11.1 Å². The van der Waals surface area contributed by atoms with Crippen LogP contribution in [0.4, 0.5) is 0 Å². The second kappa shape index (κ2) is 6.03. The molecule has 1 aliphatic rings. The largest absolute Gasteiger partial charge is 0.316 e. The van der Waals surface area contributed by atoms with E-state index in [1.807, 2.05) is 0 Å². The van der Waals surface area contributed by atoms with Gasteiger partial charge in [-0.1, -0.05) is 54.6 Å². The van der Waals surface area contributed by atoms with Crippen molar-refractivity contribution in [1.29, 1.82) is 0 Å². The predicted octanol–water partition coefficient (Wildman–Crippen LogP) is 3.90. The average Bonchev–Trinajstić information content (AvgIpc) is 3.00. The molecule has 98 valence electrons. The van der Waals surface area contributed by atoms with Gasteiger partial charge in [-0.3, -0.25) is 0 Å². The Balaban J connectivity index is 1.62. The van der Waals surface area contributed by atoms with Gasteiger partial charge >= 0.3 is 0 Å². The summed E-state index contributed by atoms with van der Waals surface area (Å²) < 4.78 is 0. The Bertz CT molecular complexity index is 495. The fraction of sp³-hybridized carbons (Fsp3) is 0.333.